The number of esters is 1. The summed E-state index contributed by atoms with van der Waals surface area (Å²) in [5.74, 6) is -1.16. The maximum atomic E-state index is 13.1. The van der Waals surface area contributed by atoms with Crippen LogP contribution in [0, 0.1) is 5.82 Å². The first-order valence-corrected chi connectivity index (χ1v) is 6.06. The highest BCUT2D eigenvalue weighted by atomic mass is 35.5. The van der Waals surface area contributed by atoms with Crippen LogP contribution >= 0.6 is 11.6 Å². The lowest BCUT2D eigenvalue weighted by Gasteiger charge is -2.03. The number of carbonyl (C=O) groups excluding carboxylic acids is 2. The first-order chi connectivity index (χ1) is 8.54. The molecule has 0 spiro atoms. The van der Waals surface area contributed by atoms with Crippen molar-refractivity contribution in [2.75, 3.05) is 6.61 Å². The van der Waals surface area contributed by atoms with E-state index in [9.17, 15) is 14.0 Å². The Morgan fingerprint density at radius 2 is 2.06 bits per heavy atom. The summed E-state index contributed by atoms with van der Waals surface area (Å²) in [6.07, 6.45) is 0.761. The van der Waals surface area contributed by atoms with Gasteiger partial charge in [0, 0.05) is 18.4 Å². The highest BCUT2D eigenvalue weighted by Gasteiger charge is 2.10. The van der Waals surface area contributed by atoms with E-state index in [2.05, 4.69) is 0 Å². The van der Waals surface area contributed by atoms with Gasteiger partial charge in [-0.25, -0.2) is 4.39 Å². The molecule has 5 heteroatoms. The molecular weight excluding hydrogens is 259 g/mol. The number of Topliss-reactive ketones (excluding diaryl/α,β-unsaturated/α-hetero) is 1. The lowest BCUT2D eigenvalue weighted by molar-refractivity contribution is -0.143. The Bertz CT molecular complexity index is 446. The van der Waals surface area contributed by atoms with Gasteiger partial charge in [0.25, 0.3) is 0 Å². The molecule has 0 aliphatic rings. The van der Waals surface area contributed by atoms with Crippen molar-refractivity contribution in [2.45, 2.75) is 26.2 Å². The molecule has 0 atom stereocenters. The molecule has 0 aliphatic heterocycles. The van der Waals surface area contributed by atoms with Gasteiger partial charge < -0.3 is 4.74 Å². The fourth-order valence-corrected chi connectivity index (χ4v) is 1.56. The Kier molecular flexibility index (Phi) is 5.78. The van der Waals surface area contributed by atoms with Gasteiger partial charge in [0.1, 0.15) is 5.82 Å². The molecule has 1 rings (SSSR count). The summed E-state index contributed by atoms with van der Waals surface area (Å²) in [6.45, 7) is 2.05. The van der Waals surface area contributed by atoms with Gasteiger partial charge >= 0.3 is 5.97 Å². The lowest BCUT2D eigenvalue weighted by Crippen LogP contribution is -2.06. The molecule has 0 aromatic heterocycles. The van der Waals surface area contributed by atoms with Crippen molar-refractivity contribution in [1.29, 1.82) is 0 Å². The maximum absolute atomic E-state index is 13.1. The van der Waals surface area contributed by atoms with Crippen LogP contribution in [0.1, 0.15) is 36.5 Å². The Labute approximate surface area is 110 Å². The number of rotatable bonds is 6. The Hall–Kier alpha value is -1.42. The topological polar surface area (TPSA) is 43.4 Å². The fraction of sp³-hybridized carbons (Fsp3) is 0.385. The molecule has 1 aromatic rings. The predicted octanol–water partition coefficient (Wildman–Crippen LogP) is 3.40. The fourth-order valence-electron chi connectivity index (χ4n) is 1.44. The predicted molar refractivity (Wildman–Crippen MR) is 66.2 cm³/mol. The van der Waals surface area contributed by atoms with Gasteiger partial charge in [-0.2, -0.15) is 0 Å². The van der Waals surface area contributed by atoms with Crippen LogP contribution in [0.4, 0.5) is 4.39 Å². The largest absolute Gasteiger partial charge is 0.466 e. The van der Waals surface area contributed by atoms with Crippen LogP contribution in [0.2, 0.25) is 5.02 Å². The summed E-state index contributed by atoms with van der Waals surface area (Å²) in [6, 6.07) is 3.92. The maximum Gasteiger partial charge on any atom is 0.305 e. The van der Waals surface area contributed by atoms with Gasteiger partial charge in [-0.05, 0) is 31.5 Å². The van der Waals surface area contributed by atoms with E-state index in [1.807, 2.05) is 0 Å². The summed E-state index contributed by atoms with van der Waals surface area (Å²) in [4.78, 5) is 22.7. The van der Waals surface area contributed by atoms with Crippen LogP contribution in [-0.2, 0) is 9.53 Å². The molecule has 0 N–H and O–H groups in total. The number of benzene rings is 1. The van der Waals surface area contributed by atoms with Crippen LogP contribution in [0.15, 0.2) is 18.2 Å². The third-order valence-electron chi connectivity index (χ3n) is 2.33. The average Bonchev–Trinajstić information content (AvgIpc) is 2.33. The molecule has 0 bridgehead atoms. The van der Waals surface area contributed by atoms with Gasteiger partial charge in [-0.15, -0.1) is 0 Å². The van der Waals surface area contributed by atoms with Crippen LogP contribution in [0.3, 0.4) is 0 Å². The van der Waals surface area contributed by atoms with Gasteiger partial charge in [-0.3, -0.25) is 9.59 Å². The second-order valence-electron chi connectivity index (χ2n) is 3.71. The van der Waals surface area contributed by atoms with Crippen molar-refractivity contribution in [3.63, 3.8) is 0 Å². The molecule has 3 nitrogen and oxygen atoms in total. The van der Waals surface area contributed by atoms with Crippen LogP contribution in [0.25, 0.3) is 0 Å². The molecule has 0 unspecified atom stereocenters. The molecule has 98 valence electrons. The lowest BCUT2D eigenvalue weighted by atomic mass is 10.1. The number of ketones is 1. The molecule has 0 saturated heterocycles. The molecule has 0 amide bonds. The first kappa shape index (κ1) is 14.6. The molecule has 0 heterocycles. The monoisotopic (exact) mass is 272 g/mol. The number of hydrogen-bond donors (Lipinski definition) is 0. The van der Waals surface area contributed by atoms with Gasteiger partial charge in [0.05, 0.1) is 11.6 Å². The van der Waals surface area contributed by atoms with Crippen molar-refractivity contribution >= 4 is 23.4 Å². The van der Waals surface area contributed by atoms with E-state index in [1.165, 1.54) is 12.1 Å². The average molecular weight is 273 g/mol. The van der Waals surface area contributed by atoms with E-state index in [0.717, 1.165) is 6.07 Å². The van der Waals surface area contributed by atoms with E-state index in [4.69, 9.17) is 16.3 Å². The van der Waals surface area contributed by atoms with Crippen LogP contribution in [0.5, 0.6) is 0 Å². The number of halogens is 2. The highest BCUT2D eigenvalue weighted by molar-refractivity contribution is 6.30. The second-order valence-corrected chi connectivity index (χ2v) is 4.12. The smallest absolute Gasteiger partial charge is 0.305 e. The molecule has 0 radical (unpaired) electrons. The molecule has 0 saturated carbocycles. The van der Waals surface area contributed by atoms with Gasteiger partial charge in [0.2, 0.25) is 0 Å². The van der Waals surface area contributed by atoms with Crippen molar-refractivity contribution in [3.05, 3.63) is 34.6 Å². The zero-order valence-corrected chi connectivity index (χ0v) is 10.8. The summed E-state index contributed by atoms with van der Waals surface area (Å²) in [5.41, 5.74) is 0.265. The van der Waals surface area contributed by atoms with Crippen LogP contribution in [-0.4, -0.2) is 18.4 Å². The normalized spacial score (nSPS) is 10.2. The molecule has 0 aliphatic carbocycles. The molecule has 18 heavy (non-hydrogen) atoms. The zero-order valence-electron chi connectivity index (χ0n) is 10.0. The zero-order chi connectivity index (χ0) is 13.5. The van der Waals surface area contributed by atoms with E-state index in [0.29, 0.717) is 13.0 Å². The van der Waals surface area contributed by atoms with E-state index >= 15 is 0 Å². The highest BCUT2D eigenvalue weighted by Crippen LogP contribution is 2.17. The molecule has 1 aromatic carbocycles. The minimum Gasteiger partial charge on any atom is -0.466 e. The third-order valence-corrected chi connectivity index (χ3v) is 2.64. The molecular formula is C13H14ClFO3. The quantitative estimate of drug-likeness (QED) is 0.589. The standard InChI is InChI=1S/C13H14ClFO3/c1-2-18-13(17)5-3-4-12(16)9-6-7-10(14)11(15)8-9/h6-8H,2-5H2,1H3. The van der Waals surface area contributed by atoms with E-state index in [-0.39, 0.29) is 35.2 Å². The van der Waals surface area contributed by atoms with Crippen molar-refractivity contribution in [1.82, 2.24) is 0 Å². The Morgan fingerprint density at radius 3 is 2.67 bits per heavy atom. The summed E-state index contributed by atoms with van der Waals surface area (Å²) in [5, 5.41) is -0.0157. The third kappa shape index (κ3) is 4.45. The van der Waals surface area contributed by atoms with Crippen LogP contribution < -0.4 is 0 Å². The summed E-state index contributed by atoms with van der Waals surface area (Å²) in [7, 11) is 0. The number of hydrogen-bond acceptors (Lipinski definition) is 3. The van der Waals surface area contributed by atoms with Gasteiger partial charge in [0.15, 0.2) is 5.78 Å². The van der Waals surface area contributed by atoms with E-state index < -0.39 is 5.82 Å². The van der Waals surface area contributed by atoms with E-state index in [1.54, 1.807) is 6.92 Å². The van der Waals surface area contributed by atoms with Gasteiger partial charge in [-0.1, -0.05) is 11.6 Å². The Morgan fingerprint density at radius 1 is 1.33 bits per heavy atom. The minimum absolute atomic E-state index is 0.0157. The minimum atomic E-state index is -0.618. The Balaban J connectivity index is 2.45. The van der Waals surface area contributed by atoms with Crippen molar-refractivity contribution in [3.8, 4) is 0 Å². The van der Waals surface area contributed by atoms with Crippen molar-refractivity contribution in [2.24, 2.45) is 0 Å². The second kappa shape index (κ2) is 7.11. The SMILES string of the molecule is CCOC(=O)CCCC(=O)c1ccc(Cl)c(F)c1. The number of ether oxygens (including phenoxy) is 1. The van der Waals surface area contributed by atoms with Crippen molar-refractivity contribution < 1.29 is 18.7 Å². The summed E-state index contributed by atoms with van der Waals surface area (Å²) >= 11 is 5.52. The molecule has 0 fully saturated rings. The first-order valence-electron chi connectivity index (χ1n) is 5.68. The summed E-state index contributed by atoms with van der Waals surface area (Å²) < 4.78 is 17.9. The number of carbonyl (C=O) groups is 2.